The van der Waals surface area contributed by atoms with Crippen molar-refractivity contribution in [2.75, 3.05) is 33.9 Å². The minimum Gasteiger partial charge on any atom is -0.330 e. The van der Waals surface area contributed by atoms with Gasteiger partial charge in [0, 0.05) is 26.8 Å². The molecule has 0 saturated heterocycles. The molecule has 0 aliphatic rings. The maximum Gasteiger partial charge on any atom is 0.397 e. The Morgan fingerprint density at radius 3 is 2.07 bits per heavy atom. The number of rotatable bonds is 5. The fourth-order valence-corrected chi connectivity index (χ4v) is 1.10. The molecule has 0 aromatic carbocycles. The van der Waals surface area contributed by atoms with Crippen LogP contribution in [0.3, 0.4) is 0 Å². The highest BCUT2D eigenvalue weighted by atomic mass is 32.3. The van der Waals surface area contributed by atoms with E-state index >= 15 is 0 Å². The van der Waals surface area contributed by atoms with Crippen molar-refractivity contribution in [1.29, 1.82) is 0 Å². The van der Waals surface area contributed by atoms with Crippen molar-refractivity contribution in [2.45, 2.75) is 0 Å². The molecule has 10 heteroatoms. The van der Waals surface area contributed by atoms with E-state index in [1.807, 2.05) is 0 Å². The van der Waals surface area contributed by atoms with E-state index in [0.29, 0.717) is 12.7 Å². The van der Waals surface area contributed by atoms with Gasteiger partial charge in [0.15, 0.2) is 0 Å². The average molecular weight is 264 g/mol. The lowest BCUT2D eigenvalue weighted by Crippen LogP contribution is -2.10. The number of nitrogens with two attached hydrogens (primary N) is 1. The first kappa shape index (κ1) is 17.4. The minimum atomic E-state index is -4.16. The van der Waals surface area contributed by atoms with E-state index in [4.69, 9.17) is 14.9 Å². The largest absolute Gasteiger partial charge is 0.397 e. The van der Waals surface area contributed by atoms with Crippen LogP contribution in [0.4, 0.5) is 0 Å². The van der Waals surface area contributed by atoms with Gasteiger partial charge in [-0.25, -0.2) is 4.62 Å². The van der Waals surface area contributed by atoms with Gasteiger partial charge in [0.05, 0.1) is 7.11 Å². The van der Waals surface area contributed by atoms with Crippen LogP contribution in [0.1, 0.15) is 0 Å². The summed E-state index contributed by atoms with van der Waals surface area (Å²) in [7, 11) is -1.79. The van der Waals surface area contributed by atoms with Gasteiger partial charge in [-0.1, -0.05) is 0 Å². The van der Waals surface area contributed by atoms with Crippen molar-refractivity contribution in [1.82, 2.24) is 5.06 Å². The zero-order valence-corrected chi connectivity index (χ0v) is 10.7. The second-order valence-electron chi connectivity index (χ2n) is 2.41. The van der Waals surface area contributed by atoms with Gasteiger partial charge in [0.2, 0.25) is 8.03 Å². The fraction of sp³-hybridized carbons (Fsp3) is 1.00. The van der Waals surface area contributed by atoms with E-state index in [1.165, 1.54) is 5.06 Å². The average Bonchev–Trinajstić information content (AvgIpc) is 2.03. The maximum atomic E-state index is 10.7. The van der Waals surface area contributed by atoms with Crippen LogP contribution < -0.4 is 5.73 Å². The summed E-state index contributed by atoms with van der Waals surface area (Å²) in [5.41, 5.74) is 5.13. The summed E-state index contributed by atoms with van der Waals surface area (Å²) in [6, 6.07) is 0. The Kier molecular flexibility index (Phi) is 10.7. The molecular weight excluding hydrogens is 247 g/mol. The van der Waals surface area contributed by atoms with E-state index in [-0.39, 0.29) is 0 Å². The van der Waals surface area contributed by atoms with Crippen LogP contribution in [0.25, 0.3) is 0 Å². The zero-order chi connectivity index (χ0) is 12.5. The molecule has 0 rings (SSSR count). The Labute approximate surface area is 90.1 Å². The van der Waals surface area contributed by atoms with E-state index < -0.39 is 18.4 Å². The summed E-state index contributed by atoms with van der Waals surface area (Å²) in [6.45, 7) is 0.422. The highest BCUT2D eigenvalue weighted by Gasteiger charge is 1.97. The third kappa shape index (κ3) is 20.1. The van der Waals surface area contributed by atoms with E-state index in [9.17, 15) is 13.0 Å². The molecule has 15 heavy (non-hydrogen) atoms. The minimum absolute atomic E-state index is 0.422. The summed E-state index contributed by atoms with van der Waals surface area (Å²) in [6.07, 6.45) is 0.461. The molecule has 0 aromatic heterocycles. The summed E-state index contributed by atoms with van der Waals surface area (Å²) in [5.74, 6) is 0. The van der Waals surface area contributed by atoms with Gasteiger partial charge in [-0.15, -0.1) is 0 Å². The smallest absolute Gasteiger partial charge is 0.330 e. The predicted molar refractivity (Wildman–Crippen MR) is 56.3 cm³/mol. The SMILES string of the molecule is CN(C)O[PH](=O)CCN.COS(=O)(=O)O. The van der Waals surface area contributed by atoms with Crippen molar-refractivity contribution in [2.24, 2.45) is 5.73 Å². The van der Waals surface area contributed by atoms with E-state index in [0.717, 1.165) is 7.11 Å². The first-order chi connectivity index (χ1) is 6.72. The van der Waals surface area contributed by atoms with Gasteiger partial charge in [0.25, 0.3) is 0 Å². The fourth-order valence-electron chi connectivity index (χ4n) is 0.367. The standard InChI is InChI=1S/C4H13N2O2P.CH4O4S/c1-6(2)8-9(7)4-3-5;1-5-6(2,3)4/h9H,3-5H2,1-2H3;1H3,(H,2,3,4). The molecule has 0 radical (unpaired) electrons. The van der Waals surface area contributed by atoms with Gasteiger partial charge >= 0.3 is 10.4 Å². The molecule has 1 unspecified atom stereocenters. The van der Waals surface area contributed by atoms with Gasteiger partial charge < -0.3 is 5.73 Å². The lowest BCUT2D eigenvalue weighted by atomic mass is 10.8. The third-order valence-electron chi connectivity index (χ3n) is 0.843. The summed E-state index contributed by atoms with van der Waals surface area (Å²) < 4.78 is 45.2. The molecule has 0 aromatic rings. The van der Waals surface area contributed by atoms with Crippen LogP contribution in [0.2, 0.25) is 0 Å². The third-order valence-corrected chi connectivity index (χ3v) is 2.53. The number of hydrogen-bond acceptors (Lipinski definition) is 7. The second kappa shape index (κ2) is 9.22. The number of hydroxylamine groups is 2. The molecule has 0 bridgehead atoms. The highest BCUT2D eigenvalue weighted by Crippen LogP contribution is 2.20. The Balaban J connectivity index is 0. The van der Waals surface area contributed by atoms with Crippen molar-refractivity contribution in [3.63, 3.8) is 0 Å². The molecule has 3 N–H and O–H groups in total. The van der Waals surface area contributed by atoms with Gasteiger partial charge in [-0.2, -0.15) is 13.5 Å². The van der Waals surface area contributed by atoms with Crippen molar-refractivity contribution in [3.05, 3.63) is 0 Å². The van der Waals surface area contributed by atoms with E-state index in [2.05, 4.69) is 4.18 Å². The van der Waals surface area contributed by atoms with Crippen molar-refractivity contribution < 1.29 is 26.3 Å². The zero-order valence-electron chi connectivity index (χ0n) is 8.84. The van der Waals surface area contributed by atoms with Crippen LogP contribution in [-0.4, -0.2) is 51.9 Å². The quantitative estimate of drug-likeness (QED) is 0.382. The highest BCUT2D eigenvalue weighted by molar-refractivity contribution is 7.80. The molecule has 0 fully saturated rings. The molecular formula is C5H17N2O6PS. The Hall–Kier alpha value is -0.0200. The summed E-state index contributed by atoms with van der Waals surface area (Å²) in [4.78, 5) is 0. The lowest BCUT2D eigenvalue weighted by molar-refractivity contribution is 0.00693. The van der Waals surface area contributed by atoms with Gasteiger partial charge in [-0.05, 0) is 0 Å². The van der Waals surface area contributed by atoms with Crippen LogP contribution in [-0.2, 0) is 23.8 Å². The van der Waals surface area contributed by atoms with Crippen LogP contribution in [0.5, 0.6) is 0 Å². The maximum absolute atomic E-state index is 10.7. The monoisotopic (exact) mass is 264 g/mol. The Morgan fingerprint density at radius 1 is 1.47 bits per heavy atom. The van der Waals surface area contributed by atoms with Gasteiger partial charge in [0.1, 0.15) is 0 Å². The molecule has 94 valence electrons. The Bertz CT molecular complexity index is 267. The van der Waals surface area contributed by atoms with Crippen molar-refractivity contribution >= 4 is 18.4 Å². The summed E-state index contributed by atoms with van der Waals surface area (Å²) in [5, 5.41) is 1.43. The lowest BCUT2D eigenvalue weighted by Gasteiger charge is -2.08. The Morgan fingerprint density at radius 2 is 1.87 bits per heavy atom. The topological polar surface area (TPSA) is 119 Å². The van der Waals surface area contributed by atoms with E-state index in [1.54, 1.807) is 14.1 Å². The number of hydrogen-bond donors (Lipinski definition) is 2. The summed E-state index contributed by atoms with van der Waals surface area (Å²) >= 11 is 0. The molecule has 0 amide bonds. The van der Waals surface area contributed by atoms with Crippen LogP contribution in [0, 0.1) is 0 Å². The number of nitrogens with zero attached hydrogens (tertiary/aromatic N) is 1. The predicted octanol–water partition coefficient (Wildman–Crippen LogP) is -0.651. The molecule has 0 spiro atoms. The van der Waals surface area contributed by atoms with Gasteiger partial charge in [-0.3, -0.25) is 13.3 Å². The molecule has 0 aliphatic heterocycles. The molecule has 0 heterocycles. The van der Waals surface area contributed by atoms with Crippen LogP contribution in [0.15, 0.2) is 0 Å². The molecule has 0 saturated carbocycles. The first-order valence-corrected chi connectivity index (χ1v) is 6.73. The van der Waals surface area contributed by atoms with Crippen LogP contribution >= 0.6 is 8.03 Å². The normalized spacial score (nSPS) is 13.2. The molecule has 8 nitrogen and oxygen atoms in total. The molecule has 1 atom stereocenters. The first-order valence-electron chi connectivity index (χ1n) is 3.84. The second-order valence-corrected chi connectivity index (χ2v) is 5.02. The van der Waals surface area contributed by atoms with Crippen molar-refractivity contribution in [3.8, 4) is 0 Å². The molecule has 0 aliphatic carbocycles.